The fraction of sp³-hybridized carbons (Fsp3) is 0.788. The summed E-state index contributed by atoms with van der Waals surface area (Å²) in [5, 5.41) is 3.47. The van der Waals surface area contributed by atoms with Crippen LogP contribution in [-0.4, -0.2) is 306 Å². The van der Waals surface area contributed by atoms with Crippen molar-refractivity contribution in [3.8, 4) is 0 Å². The van der Waals surface area contributed by atoms with E-state index in [2.05, 4.69) is 161 Å². The number of nitrogens with one attached hydrogen (secondary N) is 1. The maximum Gasteiger partial charge on any atom is 0.508 e. The molecule has 1 N–H and O–H groups in total. The minimum absolute atomic E-state index is 0. The van der Waals surface area contributed by atoms with Gasteiger partial charge in [-0.05, 0) is 189 Å². The Labute approximate surface area is 890 Å². The molecule has 0 aliphatic carbocycles. The number of thioether (sulfide) groups is 2. The van der Waals surface area contributed by atoms with Gasteiger partial charge in [0.15, 0.2) is 19.1 Å². The van der Waals surface area contributed by atoms with E-state index in [0.717, 1.165) is 162 Å². The molecule has 2 bridgehead atoms. The first kappa shape index (κ1) is 152. The molecule has 6 aliphatic heterocycles. The van der Waals surface area contributed by atoms with E-state index in [-0.39, 0.29) is 86.8 Å². The molecule has 0 radical (unpaired) electrons. The molecule has 140 heavy (non-hydrogen) atoms. The maximum absolute atomic E-state index is 11.8. The molecule has 0 unspecified atom stereocenters. The average molecular weight is 2240 g/mol. The van der Waals surface area contributed by atoms with Crippen molar-refractivity contribution in [3.05, 3.63) is 83.4 Å². The molecular formula is C104H195Br2F3N6O19S6. The van der Waals surface area contributed by atoms with Crippen molar-refractivity contribution in [2.75, 3.05) is 215 Å². The molecule has 6 fully saturated rings. The van der Waals surface area contributed by atoms with E-state index in [0.29, 0.717) is 67.7 Å². The summed E-state index contributed by atoms with van der Waals surface area (Å²) >= 11 is 3.01. The summed E-state index contributed by atoms with van der Waals surface area (Å²) in [6.45, 7) is 73.6. The molecule has 6 saturated heterocycles. The van der Waals surface area contributed by atoms with Crippen LogP contribution in [0.5, 0.6) is 0 Å². The van der Waals surface area contributed by atoms with Gasteiger partial charge in [0.2, 0.25) is 5.91 Å². The van der Waals surface area contributed by atoms with Gasteiger partial charge in [0.05, 0.1) is 138 Å². The number of fused-ring (bicyclic) bond motifs is 3. The number of carbonyl (C=O) groups is 8. The zero-order chi connectivity index (χ0) is 107. The number of nitrogens with zero attached hydrogens (tertiary/aromatic N) is 5. The number of piperidine rings is 3. The van der Waals surface area contributed by atoms with Crippen LogP contribution in [0.2, 0.25) is 0 Å². The van der Waals surface area contributed by atoms with E-state index in [9.17, 15) is 59.9 Å². The van der Waals surface area contributed by atoms with Crippen LogP contribution in [0, 0.1) is 27.6 Å². The lowest BCUT2D eigenvalue weighted by Gasteiger charge is -2.49. The highest BCUT2D eigenvalue weighted by Crippen LogP contribution is 2.34. The second kappa shape index (κ2) is 91.5. The van der Waals surface area contributed by atoms with Crippen LogP contribution in [0.25, 0.3) is 0 Å². The molecule has 0 saturated carbocycles. The van der Waals surface area contributed by atoms with Crippen molar-refractivity contribution >= 4 is 111 Å². The Morgan fingerprint density at radius 1 is 0.557 bits per heavy atom. The number of methoxy groups -OCH3 is 2. The van der Waals surface area contributed by atoms with E-state index in [1.807, 2.05) is 107 Å². The number of carbonyl (C=O) groups excluding carboxylic acids is 8. The Morgan fingerprint density at radius 3 is 1.27 bits per heavy atom. The van der Waals surface area contributed by atoms with Gasteiger partial charge in [-0.1, -0.05) is 203 Å². The lowest BCUT2D eigenvalue weighted by atomic mass is 9.85. The molecule has 6 aliphatic rings. The number of hydrogen-bond acceptors (Lipinski definition) is 27. The first-order valence-corrected chi connectivity index (χ1v) is 57.8. The molecule has 2 aromatic carbocycles. The summed E-state index contributed by atoms with van der Waals surface area (Å²) in [7, 11) is 11.5. The highest BCUT2D eigenvalue weighted by atomic mass is 79.9. The molecular weight excluding hydrogens is 2050 g/mol. The smallest absolute Gasteiger partial charge is 0.508 e. The number of hydrogen-bond donors (Lipinski definition) is 1. The molecule has 6 heterocycles. The van der Waals surface area contributed by atoms with Crippen molar-refractivity contribution in [2.45, 2.75) is 294 Å². The van der Waals surface area contributed by atoms with Crippen molar-refractivity contribution in [1.29, 1.82) is 0 Å². The number of esters is 4. The zero-order valence-corrected chi connectivity index (χ0v) is 101. The third kappa shape index (κ3) is 98.9. The van der Waals surface area contributed by atoms with Crippen LogP contribution in [0.4, 0.5) is 18.0 Å². The molecule has 1 amide bonds. The number of aryl methyl sites for hydroxylation is 2. The van der Waals surface area contributed by atoms with Gasteiger partial charge in [0.1, 0.15) is 6.61 Å². The second-order valence-corrected chi connectivity index (χ2v) is 47.8. The van der Waals surface area contributed by atoms with E-state index in [4.69, 9.17) is 23.7 Å². The van der Waals surface area contributed by atoms with Crippen LogP contribution < -0.4 is 39.3 Å². The van der Waals surface area contributed by atoms with E-state index in [1.165, 1.54) is 174 Å². The summed E-state index contributed by atoms with van der Waals surface area (Å²) in [6.07, 6.45) is 14.9. The Balaban J connectivity index is -0.000000228. The van der Waals surface area contributed by atoms with E-state index < -0.39 is 26.6 Å². The van der Waals surface area contributed by atoms with Gasteiger partial charge < -0.3 is 90.9 Å². The Hall–Kier alpha value is -3.73. The molecule has 25 nitrogen and oxygen atoms in total. The summed E-state index contributed by atoms with van der Waals surface area (Å²) < 4.78 is 98.2. The minimum Gasteiger partial charge on any atom is -1.00 e. The van der Waals surface area contributed by atoms with Crippen molar-refractivity contribution in [2.24, 2.45) is 27.6 Å². The maximum atomic E-state index is 11.8. The Bertz CT molecular complexity index is 3510. The van der Waals surface area contributed by atoms with Gasteiger partial charge in [0, 0.05) is 133 Å². The van der Waals surface area contributed by atoms with Crippen LogP contribution in [0.1, 0.15) is 278 Å². The predicted molar refractivity (Wildman–Crippen MR) is 576 cm³/mol. The quantitative estimate of drug-likeness (QED) is 0.0166. The monoisotopic (exact) mass is 2240 g/mol. The third-order valence-corrected chi connectivity index (χ3v) is 28.8. The number of amides is 1. The molecule has 0 spiro atoms. The van der Waals surface area contributed by atoms with Crippen molar-refractivity contribution in [1.82, 2.24) is 20.0 Å². The van der Waals surface area contributed by atoms with Gasteiger partial charge >= 0.3 is 36.2 Å². The molecule has 0 aromatic heterocycles. The molecule has 0 atom stereocenters. The van der Waals surface area contributed by atoms with Gasteiger partial charge in [-0.25, -0.2) is 13.2 Å². The SMILES string of the molecule is C=CC(F)(F)F.CCC(=O)OC.CCC(C)(C)CCSC(=O)CCN1CCOCC1.CCC(C)(C)CSC(=O)CCN1CCOCC1.CCCC(=O)OC.CCCSSCCN1CCOCC1.CCC[N+](C)(C)C.CCC[N+]12CCC(CC1)CC2.CCOC(=O)C(C)(C)C.CCOC(=O)OC(C)C.CCc1ccccc1CNC(C)=O.CCc1ccccc1COC(=O)C(C)(C)C.CSS(C)(=O)=O.[Br-].[Br-]. The summed E-state index contributed by atoms with van der Waals surface area (Å²) in [5.74, 6) is 5.01. The number of quaternary nitrogens is 2. The van der Waals surface area contributed by atoms with Gasteiger partial charge in [-0.15, -0.1) is 0 Å². The summed E-state index contributed by atoms with van der Waals surface area (Å²) in [6, 6.07) is 16.2. The standard InChI is InChI=1S/C14H27NO2S.C14H20O2.C13H25NO2S.C11H15NO.C10H20N.C9H19NOS2.C7H14O2.C6H16N.C6H12O3.C5H10O2.C4H8O2.C3H3F3.C2H6O2S2.2BrH/c1-4-14(2,3)6-12-18-13(16)5-7-15-8-10-17-11-9-15;1-5-11-8-6-7-9-12(11)10-16-13(15)14(2,3)4;1-4-13(2,3)11-17-12(15)5-6-14-7-9-16-10-8-14;1-3-10-6-4-5-7-11(10)8-12-9(2)13;1-2-6-11-7-3-10(4-8-11)5-9-11;1-2-8-12-13-9-5-10-3-6-11-7-4-10;1-5-9-6(8)7(2,3)4;1-5-6-7(2,3)4;1-4-8-6(7)9-5(2)3;1-3-4-5(6)7-2;1-3-4(5)6-2;1-2-3(4,5)6;1-5-6(2,3)4;;/h4-12H2,1-3H3;6-9H,5,10H2,1-4H3;4-11H2,1-3H3;4-7H,3,8H2,1-2H3,(H,12,13);10H,2-9H2,1H3;2-9H2,1H3;5H2,1-4H3;5-6H2,1-4H3;5H,4H2,1-3H3;3-4H2,1-2H3;3H2,1-2H3;2H,1H2;1-2H3;2*1H/q;;;;+1;;;+1;;;;;;;/p-2. The largest absolute Gasteiger partial charge is 1.00 e. The number of alkyl halides is 3. The van der Waals surface area contributed by atoms with E-state index in [1.54, 1.807) is 27.7 Å². The van der Waals surface area contributed by atoms with Crippen LogP contribution in [-0.2, 0) is 111 Å². The topological polar surface area (TPSA) is 276 Å². The van der Waals surface area contributed by atoms with Crippen molar-refractivity contribution in [3.63, 3.8) is 0 Å². The van der Waals surface area contributed by atoms with Crippen LogP contribution in [0.3, 0.4) is 0 Å². The van der Waals surface area contributed by atoms with Crippen molar-refractivity contribution < 1.29 is 146 Å². The molecule has 2 aromatic rings. The first-order chi connectivity index (χ1) is 64.5. The number of ether oxygens (including phenoxy) is 9. The number of benzene rings is 2. The van der Waals surface area contributed by atoms with Crippen LogP contribution in [0.15, 0.2) is 61.2 Å². The Kier molecular flexibility index (Phi) is 99.0. The average Bonchev–Trinajstić information content (AvgIpc) is 0.802. The second-order valence-electron chi connectivity index (χ2n) is 38.3. The lowest BCUT2D eigenvalue weighted by molar-refractivity contribution is -0.942. The van der Waals surface area contributed by atoms with Gasteiger partial charge in [0.25, 0.3) is 0 Å². The van der Waals surface area contributed by atoms with Gasteiger partial charge in [-0.2, -0.15) is 13.2 Å². The molecule has 36 heteroatoms. The molecule has 826 valence electrons. The molecule has 8 rings (SSSR count). The fourth-order valence-electron chi connectivity index (χ4n) is 11.9. The fourth-order valence-corrected chi connectivity index (χ4v) is 16.2. The zero-order valence-electron chi connectivity index (χ0n) is 92.5. The van der Waals surface area contributed by atoms with Crippen LogP contribution >= 0.6 is 55.9 Å². The predicted octanol–water partition coefficient (Wildman–Crippen LogP) is 16.4. The number of morpholine rings is 3. The number of rotatable bonds is 36. The van der Waals surface area contributed by atoms with E-state index >= 15 is 0 Å². The summed E-state index contributed by atoms with van der Waals surface area (Å²) in [5.41, 5.74) is 4.72. The highest BCUT2D eigenvalue weighted by molar-refractivity contribution is 8.76. The Morgan fingerprint density at radius 2 is 0.957 bits per heavy atom. The number of allylic oxidation sites excluding steroid dienone is 1. The normalized spacial score (nSPS) is 15.5. The summed E-state index contributed by atoms with van der Waals surface area (Å²) in [4.78, 5) is 94.4. The highest BCUT2D eigenvalue weighted by Gasteiger charge is 2.39. The van der Waals surface area contributed by atoms with Gasteiger partial charge in [-0.3, -0.25) is 48.3 Å². The third-order valence-electron chi connectivity index (χ3n) is 21.4. The minimum atomic E-state index is -4.19. The first-order valence-electron chi connectivity index (χ1n) is 49.7. The lowest BCUT2D eigenvalue weighted by Crippen LogP contribution is -3.00. The number of halogens is 5.